The van der Waals surface area contributed by atoms with Crippen molar-refractivity contribution in [2.45, 2.75) is 19.0 Å². The zero-order valence-electron chi connectivity index (χ0n) is 9.71. The Bertz CT molecular complexity index is 366. The molecule has 8 heteroatoms. The van der Waals surface area contributed by atoms with Gasteiger partial charge >= 0.3 is 12.1 Å². The summed E-state index contributed by atoms with van der Waals surface area (Å²) in [7, 11) is 1.74. The molecule has 0 atom stereocenters. The molecule has 1 aliphatic heterocycles. The van der Waals surface area contributed by atoms with Crippen molar-refractivity contribution in [3.05, 3.63) is 11.6 Å². The first-order valence-corrected chi connectivity index (χ1v) is 5.31. The topological polar surface area (TPSA) is 58.6 Å². The number of nitrogens with one attached hydrogen (secondary N) is 1. The van der Waals surface area contributed by atoms with Gasteiger partial charge in [0.2, 0.25) is 0 Å². The summed E-state index contributed by atoms with van der Waals surface area (Å²) >= 11 is 0. The van der Waals surface area contributed by atoms with Crippen molar-refractivity contribution < 1.29 is 27.6 Å². The molecule has 1 fully saturated rings. The molecular weight excluding hydrogens is 253 g/mol. The minimum atomic E-state index is -5.10. The lowest BCUT2D eigenvalue weighted by molar-refractivity contribution is -0.233. The number of carbonyl (C=O) groups is 2. The number of hydrogen-bond donors (Lipinski definition) is 1. The molecule has 102 valence electrons. The molecule has 0 saturated carbocycles. The van der Waals surface area contributed by atoms with E-state index in [1.807, 2.05) is 0 Å². The van der Waals surface area contributed by atoms with Gasteiger partial charge in [0.15, 0.2) is 0 Å². The van der Waals surface area contributed by atoms with Gasteiger partial charge in [-0.1, -0.05) is 6.08 Å². The highest BCUT2D eigenvalue weighted by Crippen LogP contribution is 2.22. The smallest absolute Gasteiger partial charge is 0.329 e. The summed E-state index contributed by atoms with van der Waals surface area (Å²) in [5.41, 5.74) is 0.361. The largest absolute Gasteiger partial charge is 0.493 e. The zero-order valence-corrected chi connectivity index (χ0v) is 9.71. The molecule has 0 aromatic rings. The van der Waals surface area contributed by atoms with Crippen molar-refractivity contribution in [2.24, 2.45) is 0 Å². The van der Waals surface area contributed by atoms with Gasteiger partial charge in [0.05, 0.1) is 6.54 Å². The summed E-state index contributed by atoms with van der Waals surface area (Å²) in [6.07, 6.45) is -2.62. The molecule has 5 nitrogen and oxygen atoms in total. The summed E-state index contributed by atoms with van der Waals surface area (Å²) in [6, 6.07) is 0. The summed E-state index contributed by atoms with van der Waals surface area (Å²) in [5.74, 6) is -3.07. The fourth-order valence-corrected chi connectivity index (χ4v) is 1.41. The molecule has 1 saturated heterocycles. The summed E-state index contributed by atoms with van der Waals surface area (Å²) in [6.45, 7) is 0.602. The van der Waals surface area contributed by atoms with Crippen molar-refractivity contribution >= 4 is 11.9 Å². The fourth-order valence-electron chi connectivity index (χ4n) is 1.41. The van der Waals surface area contributed by atoms with Gasteiger partial charge in [0.25, 0.3) is 5.91 Å². The molecule has 0 aromatic heterocycles. The Balaban J connectivity index is 2.55. The van der Waals surface area contributed by atoms with E-state index in [9.17, 15) is 22.8 Å². The van der Waals surface area contributed by atoms with Gasteiger partial charge in [-0.05, 0) is 26.4 Å². The van der Waals surface area contributed by atoms with Gasteiger partial charge in [0, 0.05) is 5.57 Å². The number of amides is 1. The minimum Gasteiger partial charge on any atom is -0.329 e. The third-order valence-electron chi connectivity index (χ3n) is 2.30. The van der Waals surface area contributed by atoms with Crippen LogP contribution in [0.25, 0.3) is 0 Å². The highest BCUT2D eigenvalue weighted by Gasteiger charge is 2.44. The van der Waals surface area contributed by atoms with Crippen molar-refractivity contribution in [2.75, 3.05) is 20.1 Å². The number of halogens is 3. The second-order valence-electron chi connectivity index (χ2n) is 3.66. The number of nitrogens with zero attached hydrogens (tertiary/aromatic N) is 1. The van der Waals surface area contributed by atoms with E-state index in [4.69, 9.17) is 0 Å². The fraction of sp³-hybridized carbons (Fsp3) is 0.600. The molecule has 1 amide bonds. The first-order valence-electron chi connectivity index (χ1n) is 5.31. The average molecular weight is 266 g/mol. The van der Waals surface area contributed by atoms with E-state index in [2.05, 4.69) is 10.2 Å². The van der Waals surface area contributed by atoms with Crippen LogP contribution < -0.4 is 5.32 Å². The van der Waals surface area contributed by atoms with Crippen LogP contribution in [0.3, 0.4) is 0 Å². The van der Waals surface area contributed by atoms with Crippen LogP contribution in [0.15, 0.2) is 11.6 Å². The van der Waals surface area contributed by atoms with Crippen LogP contribution in [0.2, 0.25) is 0 Å². The Hall–Kier alpha value is -1.57. The molecule has 1 rings (SSSR count). The first kappa shape index (κ1) is 14.5. The molecule has 1 aliphatic rings. The molecule has 1 N–H and O–H groups in total. The van der Waals surface area contributed by atoms with E-state index in [1.165, 1.54) is 0 Å². The molecule has 0 aliphatic carbocycles. The van der Waals surface area contributed by atoms with E-state index < -0.39 is 18.1 Å². The van der Waals surface area contributed by atoms with Gasteiger partial charge in [-0.2, -0.15) is 18.2 Å². The third-order valence-corrected chi connectivity index (χ3v) is 2.30. The van der Waals surface area contributed by atoms with E-state index >= 15 is 0 Å². The standard InChI is InChI=1S/C10H13F3N2O3/c1-14-5-2-3-7-4-6-15(8(7)16)18-9(17)10(11,12)13/h3,14H,2,4-6H2,1H3/b7-3+. The highest BCUT2D eigenvalue weighted by molar-refractivity contribution is 5.95. The number of rotatable bonds is 4. The molecule has 0 aromatic carbocycles. The molecule has 0 unspecified atom stereocenters. The molecule has 18 heavy (non-hydrogen) atoms. The third kappa shape index (κ3) is 3.73. The Labute approximate surface area is 102 Å². The van der Waals surface area contributed by atoms with Crippen molar-refractivity contribution in [3.8, 4) is 0 Å². The monoisotopic (exact) mass is 266 g/mol. The Morgan fingerprint density at radius 3 is 2.78 bits per heavy atom. The lowest BCUT2D eigenvalue weighted by Gasteiger charge is -2.15. The summed E-state index contributed by atoms with van der Waals surface area (Å²) in [5, 5.41) is 3.31. The zero-order chi connectivity index (χ0) is 13.8. The molecular formula is C10H13F3N2O3. The second-order valence-corrected chi connectivity index (χ2v) is 3.66. The van der Waals surface area contributed by atoms with Crippen LogP contribution >= 0.6 is 0 Å². The van der Waals surface area contributed by atoms with E-state index in [-0.39, 0.29) is 13.0 Å². The van der Waals surface area contributed by atoms with Crippen LogP contribution in [-0.2, 0) is 14.4 Å². The normalized spacial score (nSPS) is 18.6. The van der Waals surface area contributed by atoms with Gasteiger partial charge in [-0.15, -0.1) is 0 Å². The van der Waals surface area contributed by atoms with Crippen LogP contribution in [0.5, 0.6) is 0 Å². The van der Waals surface area contributed by atoms with Gasteiger partial charge in [0.1, 0.15) is 0 Å². The maximum Gasteiger partial charge on any atom is 0.493 e. The van der Waals surface area contributed by atoms with Crippen LogP contribution in [0.1, 0.15) is 12.8 Å². The predicted octanol–water partition coefficient (Wildman–Crippen LogP) is 0.775. The number of carbonyl (C=O) groups excluding carboxylic acids is 2. The maximum absolute atomic E-state index is 11.9. The Morgan fingerprint density at radius 2 is 2.22 bits per heavy atom. The van der Waals surface area contributed by atoms with E-state index in [0.29, 0.717) is 23.6 Å². The lowest BCUT2D eigenvalue weighted by Crippen LogP contribution is -2.35. The van der Waals surface area contributed by atoms with Gasteiger partial charge in [-0.3, -0.25) is 4.79 Å². The van der Waals surface area contributed by atoms with E-state index in [1.54, 1.807) is 13.1 Å². The number of hydrogen-bond acceptors (Lipinski definition) is 4. The van der Waals surface area contributed by atoms with Crippen molar-refractivity contribution in [3.63, 3.8) is 0 Å². The maximum atomic E-state index is 11.9. The highest BCUT2D eigenvalue weighted by atomic mass is 19.4. The minimum absolute atomic E-state index is 0.0496. The predicted molar refractivity (Wildman–Crippen MR) is 55.1 cm³/mol. The average Bonchev–Trinajstić information content (AvgIpc) is 2.60. The second kappa shape index (κ2) is 5.85. The quantitative estimate of drug-likeness (QED) is 0.603. The molecule has 0 radical (unpaired) electrons. The summed E-state index contributed by atoms with van der Waals surface area (Å²) < 4.78 is 35.8. The Morgan fingerprint density at radius 1 is 1.56 bits per heavy atom. The van der Waals surface area contributed by atoms with Crippen molar-refractivity contribution in [1.82, 2.24) is 10.4 Å². The molecule has 0 bridgehead atoms. The van der Waals surface area contributed by atoms with Gasteiger partial charge in [-0.25, -0.2) is 4.79 Å². The Kier molecular flexibility index (Phi) is 4.71. The van der Waals surface area contributed by atoms with Crippen LogP contribution in [0.4, 0.5) is 13.2 Å². The molecule has 0 spiro atoms. The number of hydroxylamine groups is 2. The van der Waals surface area contributed by atoms with Crippen LogP contribution in [0, 0.1) is 0 Å². The first-order chi connectivity index (χ1) is 8.36. The SMILES string of the molecule is CNCC/C=C1\CCN(OC(=O)C(F)(F)F)C1=O. The number of alkyl halides is 3. The molecule has 1 heterocycles. The lowest BCUT2D eigenvalue weighted by atomic mass is 10.2. The van der Waals surface area contributed by atoms with Crippen molar-refractivity contribution in [1.29, 1.82) is 0 Å². The van der Waals surface area contributed by atoms with Crippen LogP contribution in [-0.4, -0.2) is 43.3 Å². The van der Waals surface area contributed by atoms with Gasteiger partial charge < -0.3 is 10.2 Å². The summed E-state index contributed by atoms with van der Waals surface area (Å²) in [4.78, 5) is 26.1. The van der Waals surface area contributed by atoms with E-state index in [0.717, 1.165) is 0 Å².